The summed E-state index contributed by atoms with van der Waals surface area (Å²) < 4.78 is 5.37. The number of nitrogens with zero attached hydrogens (tertiary/aromatic N) is 1. The van der Waals surface area contributed by atoms with Gasteiger partial charge < -0.3 is 9.84 Å². The van der Waals surface area contributed by atoms with Crippen molar-refractivity contribution in [1.82, 2.24) is 4.98 Å². The van der Waals surface area contributed by atoms with E-state index in [0.29, 0.717) is 12.8 Å². The zero-order chi connectivity index (χ0) is 13.8. The van der Waals surface area contributed by atoms with Crippen LogP contribution in [-0.2, 0) is 6.42 Å². The second kappa shape index (κ2) is 6.01. The fraction of sp³-hybridized carbons (Fsp3) is 0.533. The third kappa shape index (κ3) is 3.57. The van der Waals surface area contributed by atoms with Crippen molar-refractivity contribution in [3.05, 3.63) is 35.7 Å². The normalized spacial score (nSPS) is 14.1. The van der Waals surface area contributed by atoms with E-state index in [1.807, 2.05) is 26.8 Å². The molecule has 18 heavy (non-hydrogen) atoms. The van der Waals surface area contributed by atoms with E-state index in [-0.39, 0.29) is 0 Å². The van der Waals surface area contributed by atoms with Crippen molar-refractivity contribution >= 4 is 0 Å². The Hall–Kier alpha value is -1.35. The van der Waals surface area contributed by atoms with Gasteiger partial charge in [0.2, 0.25) is 0 Å². The molecule has 1 atom stereocenters. The van der Waals surface area contributed by atoms with Crippen LogP contribution >= 0.6 is 0 Å². The molecule has 100 valence electrons. The van der Waals surface area contributed by atoms with Crippen molar-refractivity contribution in [3.63, 3.8) is 0 Å². The van der Waals surface area contributed by atoms with Crippen LogP contribution in [-0.4, -0.2) is 22.8 Å². The molecule has 0 amide bonds. The van der Waals surface area contributed by atoms with Gasteiger partial charge in [-0.15, -0.1) is 6.58 Å². The maximum Gasteiger partial charge on any atom is 0.128 e. The molecule has 0 saturated carbocycles. The highest BCUT2D eigenvalue weighted by Crippen LogP contribution is 2.27. The first-order valence-electron chi connectivity index (χ1n) is 6.23. The van der Waals surface area contributed by atoms with Gasteiger partial charge in [-0.25, -0.2) is 0 Å². The minimum atomic E-state index is -0.758. The van der Waals surface area contributed by atoms with E-state index in [0.717, 1.165) is 29.0 Å². The number of ether oxygens (including phenoxy) is 1. The summed E-state index contributed by atoms with van der Waals surface area (Å²) in [6.07, 6.45) is 5.64. The number of pyridine rings is 1. The highest BCUT2D eigenvalue weighted by Gasteiger charge is 2.23. The Morgan fingerprint density at radius 3 is 2.72 bits per heavy atom. The second-order valence-electron chi connectivity index (χ2n) is 5.05. The average Bonchev–Trinajstić information content (AvgIpc) is 2.31. The maximum atomic E-state index is 10.3. The van der Waals surface area contributed by atoms with Crippen LogP contribution in [0, 0.1) is 13.8 Å². The topological polar surface area (TPSA) is 42.4 Å². The lowest BCUT2D eigenvalue weighted by Gasteiger charge is -2.23. The van der Waals surface area contributed by atoms with Crippen LogP contribution in [0.5, 0.6) is 5.75 Å². The molecule has 3 heteroatoms. The molecule has 0 aliphatic heterocycles. The summed E-state index contributed by atoms with van der Waals surface area (Å²) in [5, 5.41) is 10.3. The monoisotopic (exact) mass is 249 g/mol. The Kier molecular flexibility index (Phi) is 4.91. The number of rotatable bonds is 6. The molecule has 0 aliphatic carbocycles. The lowest BCUT2D eigenvalue weighted by atomic mass is 9.92. The van der Waals surface area contributed by atoms with E-state index in [2.05, 4.69) is 11.6 Å². The molecule has 0 aliphatic rings. The third-order valence-corrected chi connectivity index (χ3v) is 3.19. The Morgan fingerprint density at radius 2 is 2.17 bits per heavy atom. The van der Waals surface area contributed by atoms with Crippen molar-refractivity contribution in [2.24, 2.45) is 0 Å². The van der Waals surface area contributed by atoms with Crippen LogP contribution < -0.4 is 4.74 Å². The summed E-state index contributed by atoms with van der Waals surface area (Å²) in [6, 6.07) is 0. The first-order chi connectivity index (χ1) is 8.41. The predicted molar refractivity (Wildman–Crippen MR) is 74.0 cm³/mol. The van der Waals surface area contributed by atoms with Crippen LogP contribution in [0.15, 0.2) is 18.9 Å². The number of methoxy groups -OCH3 is 1. The fourth-order valence-electron chi connectivity index (χ4n) is 2.11. The van der Waals surface area contributed by atoms with Gasteiger partial charge in [0, 0.05) is 29.4 Å². The van der Waals surface area contributed by atoms with Crippen LogP contribution in [0.4, 0.5) is 0 Å². The minimum Gasteiger partial charge on any atom is -0.496 e. The summed E-state index contributed by atoms with van der Waals surface area (Å²) in [7, 11) is 1.66. The molecule has 1 rings (SSSR count). The Labute approximate surface area is 110 Å². The van der Waals surface area contributed by atoms with E-state index in [9.17, 15) is 5.11 Å². The Morgan fingerprint density at radius 1 is 1.50 bits per heavy atom. The summed E-state index contributed by atoms with van der Waals surface area (Å²) in [4.78, 5) is 4.41. The molecule has 0 fully saturated rings. The van der Waals surface area contributed by atoms with Gasteiger partial charge in [0.15, 0.2) is 0 Å². The summed E-state index contributed by atoms with van der Waals surface area (Å²) in [6.45, 7) is 9.47. The first kappa shape index (κ1) is 14.7. The average molecular weight is 249 g/mol. The fourth-order valence-corrected chi connectivity index (χ4v) is 2.11. The molecule has 1 unspecified atom stereocenters. The van der Waals surface area contributed by atoms with Crippen molar-refractivity contribution in [2.45, 2.75) is 45.6 Å². The maximum absolute atomic E-state index is 10.3. The van der Waals surface area contributed by atoms with Crippen molar-refractivity contribution in [1.29, 1.82) is 0 Å². The number of aliphatic hydroxyl groups is 1. The molecular weight excluding hydrogens is 226 g/mol. The van der Waals surface area contributed by atoms with Gasteiger partial charge in [-0.2, -0.15) is 0 Å². The number of allylic oxidation sites excluding steroid dienone is 1. The van der Waals surface area contributed by atoms with Crippen LogP contribution in [0.25, 0.3) is 0 Å². The van der Waals surface area contributed by atoms with Crippen molar-refractivity contribution in [2.75, 3.05) is 7.11 Å². The van der Waals surface area contributed by atoms with Crippen LogP contribution in [0.3, 0.4) is 0 Å². The number of aromatic nitrogens is 1. The number of aryl methyl sites for hydroxylation is 1. The van der Waals surface area contributed by atoms with E-state index in [1.54, 1.807) is 13.3 Å². The van der Waals surface area contributed by atoms with Crippen LogP contribution in [0.2, 0.25) is 0 Å². The quantitative estimate of drug-likeness (QED) is 0.788. The summed E-state index contributed by atoms with van der Waals surface area (Å²) in [5.41, 5.74) is 2.17. The second-order valence-corrected chi connectivity index (χ2v) is 5.05. The number of hydrogen-bond donors (Lipinski definition) is 1. The van der Waals surface area contributed by atoms with Crippen molar-refractivity contribution < 1.29 is 9.84 Å². The molecule has 1 aromatic heterocycles. The number of hydrogen-bond acceptors (Lipinski definition) is 3. The standard InChI is InChI=1S/C15H23NO2/c1-6-7-8-15(4,17)9-13-12(3)14(18-5)11(2)10-16-13/h6,10,17H,1,7-9H2,2-5H3. The van der Waals surface area contributed by atoms with Gasteiger partial charge in [-0.3, -0.25) is 4.98 Å². The van der Waals surface area contributed by atoms with Crippen molar-refractivity contribution in [3.8, 4) is 5.75 Å². The highest BCUT2D eigenvalue weighted by atomic mass is 16.5. The zero-order valence-electron chi connectivity index (χ0n) is 11.8. The van der Waals surface area contributed by atoms with Gasteiger partial charge in [-0.05, 0) is 33.6 Å². The predicted octanol–water partition coefficient (Wildman–Crippen LogP) is 2.97. The van der Waals surface area contributed by atoms with Crippen LogP contribution in [0.1, 0.15) is 36.6 Å². The third-order valence-electron chi connectivity index (χ3n) is 3.19. The molecule has 0 spiro atoms. The van der Waals surface area contributed by atoms with Gasteiger partial charge in [0.1, 0.15) is 5.75 Å². The highest BCUT2D eigenvalue weighted by molar-refractivity contribution is 5.41. The molecule has 1 N–H and O–H groups in total. The lowest BCUT2D eigenvalue weighted by Crippen LogP contribution is -2.28. The van der Waals surface area contributed by atoms with E-state index in [1.165, 1.54) is 0 Å². The molecule has 0 saturated heterocycles. The van der Waals surface area contributed by atoms with Gasteiger partial charge in [-0.1, -0.05) is 6.08 Å². The lowest BCUT2D eigenvalue weighted by molar-refractivity contribution is 0.0511. The van der Waals surface area contributed by atoms with Gasteiger partial charge in [0.25, 0.3) is 0 Å². The van der Waals surface area contributed by atoms with Gasteiger partial charge in [0.05, 0.1) is 12.7 Å². The van der Waals surface area contributed by atoms with E-state index >= 15 is 0 Å². The molecule has 1 aromatic rings. The largest absolute Gasteiger partial charge is 0.496 e. The molecule has 0 aromatic carbocycles. The van der Waals surface area contributed by atoms with E-state index < -0.39 is 5.60 Å². The Bertz CT molecular complexity index is 425. The molecule has 1 heterocycles. The summed E-state index contributed by atoms with van der Waals surface area (Å²) in [5.74, 6) is 0.861. The summed E-state index contributed by atoms with van der Waals surface area (Å²) >= 11 is 0. The molecule has 0 radical (unpaired) electrons. The Balaban J connectivity index is 2.94. The molecular formula is C15H23NO2. The minimum absolute atomic E-state index is 0.531. The smallest absolute Gasteiger partial charge is 0.128 e. The molecule has 0 bridgehead atoms. The zero-order valence-corrected chi connectivity index (χ0v) is 11.8. The molecule has 3 nitrogen and oxygen atoms in total. The first-order valence-corrected chi connectivity index (χ1v) is 6.23. The van der Waals surface area contributed by atoms with E-state index in [4.69, 9.17) is 4.74 Å². The van der Waals surface area contributed by atoms with Gasteiger partial charge >= 0.3 is 0 Å². The SMILES string of the molecule is C=CCCC(C)(O)Cc1ncc(C)c(OC)c1C.